The van der Waals surface area contributed by atoms with E-state index in [1.165, 1.54) is 36.8 Å². The number of rotatable bonds is 3. The van der Waals surface area contributed by atoms with Gasteiger partial charge in [-0.15, -0.1) is 0 Å². The average Bonchev–Trinajstić information content (AvgIpc) is 2.39. The van der Waals surface area contributed by atoms with E-state index in [-0.39, 0.29) is 0 Å². The third kappa shape index (κ3) is 4.09. The van der Waals surface area contributed by atoms with Crippen LogP contribution in [0.1, 0.15) is 70.5 Å². The predicted molar refractivity (Wildman–Crippen MR) is 87.9 cm³/mol. The zero-order valence-corrected chi connectivity index (χ0v) is 13.9. The van der Waals surface area contributed by atoms with Crippen LogP contribution in [-0.4, -0.2) is 6.04 Å². The molecule has 1 N–H and O–H groups in total. The molecule has 0 aromatic heterocycles. The summed E-state index contributed by atoms with van der Waals surface area (Å²) in [6.07, 6.45) is 5.42. The second kappa shape index (κ2) is 6.30. The number of hydrogen-bond donors (Lipinski definition) is 1. The maximum atomic E-state index is 3.83. The standard InChI is InChI=1S/C19H31N/c1-14-6-8-16(9-7-14)15(2)20-18-12-10-17(11-13-18)19(3,4)5/h6-9,15,17-18,20H,10-13H2,1-5H3. The maximum Gasteiger partial charge on any atom is 0.0294 e. The molecule has 1 aliphatic rings. The van der Waals surface area contributed by atoms with Gasteiger partial charge in [0.05, 0.1) is 0 Å². The van der Waals surface area contributed by atoms with E-state index in [0.29, 0.717) is 17.5 Å². The van der Waals surface area contributed by atoms with E-state index in [9.17, 15) is 0 Å². The van der Waals surface area contributed by atoms with Gasteiger partial charge in [-0.2, -0.15) is 0 Å². The topological polar surface area (TPSA) is 12.0 Å². The smallest absolute Gasteiger partial charge is 0.0294 e. The van der Waals surface area contributed by atoms with Crippen molar-refractivity contribution in [3.63, 3.8) is 0 Å². The number of benzene rings is 1. The van der Waals surface area contributed by atoms with Gasteiger partial charge in [-0.1, -0.05) is 50.6 Å². The van der Waals surface area contributed by atoms with Crippen molar-refractivity contribution < 1.29 is 0 Å². The monoisotopic (exact) mass is 273 g/mol. The SMILES string of the molecule is Cc1ccc(C(C)NC2CCC(C(C)(C)C)CC2)cc1. The molecule has 0 saturated heterocycles. The summed E-state index contributed by atoms with van der Waals surface area (Å²) in [4.78, 5) is 0. The first-order valence-electron chi connectivity index (χ1n) is 8.19. The Morgan fingerprint density at radius 3 is 2.05 bits per heavy atom. The fourth-order valence-corrected chi connectivity index (χ4v) is 3.43. The lowest BCUT2D eigenvalue weighted by Crippen LogP contribution is -2.37. The van der Waals surface area contributed by atoms with Crippen molar-refractivity contribution in [1.29, 1.82) is 0 Å². The molecule has 2 rings (SSSR count). The van der Waals surface area contributed by atoms with Crippen LogP contribution in [0.25, 0.3) is 0 Å². The highest BCUT2D eigenvalue weighted by Crippen LogP contribution is 2.38. The molecule has 1 atom stereocenters. The molecule has 1 aromatic rings. The first-order valence-corrected chi connectivity index (χ1v) is 8.19. The van der Waals surface area contributed by atoms with Crippen LogP contribution in [0, 0.1) is 18.3 Å². The van der Waals surface area contributed by atoms with Gasteiger partial charge >= 0.3 is 0 Å². The lowest BCUT2D eigenvalue weighted by molar-refractivity contribution is 0.157. The van der Waals surface area contributed by atoms with Gasteiger partial charge in [0, 0.05) is 12.1 Å². The van der Waals surface area contributed by atoms with Crippen molar-refractivity contribution in [2.45, 2.75) is 72.4 Å². The molecular weight excluding hydrogens is 242 g/mol. The van der Waals surface area contributed by atoms with Gasteiger partial charge in [-0.05, 0) is 56.4 Å². The van der Waals surface area contributed by atoms with Crippen LogP contribution < -0.4 is 5.32 Å². The van der Waals surface area contributed by atoms with Crippen molar-refractivity contribution in [2.75, 3.05) is 0 Å². The van der Waals surface area contributed by atoms with E-state index < -0.39 is 0 Å². The molecule has 1 nitrogen and oxygen atoms in total. The highest BCUT2D eigenvalue weighted by atomic mass is 14.9. The largest absolute Gasteiger partial charge is 0.307 e. The Kier molecular flexibility index (Phi) is 4.90. The minimum atomic E-state index is 0.465. The van der Waals surface area contributed by atoms with Gasteiger partial charge in [0.1, 0.15) is 0 Å². The van der Waals surface area contributed by atoms with Gasteiger partial charge in [0.25, 0.3) is 0 Å². The van der Waals surface area contributed by atoms with Crippen LogP contribution in [0.5, 0.6) is 0 Å². The van der Waals surface area contributed by atoms with E-state index >= 15 is 0 Å². The van der Waals surface area contributed by atoms with Crippen molar-refractivity contribution in [1.82, 2.24) is 5.32 Å². The fourth-order valence-electron chi connectivity index (χ4n) is 3.43. The van der Waals surface area contributed by atoms with E-state index in [2.05, 4.69) is 64.2 Å². The quantitative estimate of drug-likeness (QED) is 0.793. The van der Waals surface area contributed by atoms with Crippen LogP contribution >= 0.6 is 0 Å². The summed E-state index contributed by atoms with van der Waals surface area (Å²) < 4.78 is 0. The highest BCUT2D eigenvalue weighted by Gasteiger charge is 2.29. The maximum absolute atomic E-state index is 3.83. The first-order chi connectivity index (χ1) is 9.36. The van der Waals surface area contributed by atoms with Crippen molar-refractivity contribution in [2.24, 2.45) is 11.3 Å². The summed E-state index contributed by atoms with van der Waals surface area (Å²) in [7, 11) is 0. The Bertz CT molecular complexity index is 404. The second-order valence-electron chi connectivity index (χ2n) is 7.71. The second-order valence-corrected chi connectivity index (χ2v) is 7.71. The molecule has 1 saturated carbocycles. The summed E-state index contributed by atoms with van der Waals surface area (Å²) in [6.45, 7) is 11.6. The van der Waals surface area contributed by atoms with Crippen LogP contribution in [0.2, 0.25) is 0 Å². The number of nitrogens with one attached hydrogen (secondary N) is 1. The van der Waals surface area contributed by atoms with Crippen LogP contribution in [0.4, 0.5) is 0 Å². The summed E-state index contributed by atoms with van der Waals surface area (Å²) in [6, 6.07) is 10.1. The van der Waals surface area contributed by atoms with Gasteiger partial charge in [-0.25, -0.2) is 0 Å². The Balaban J connectivity index is 1.85. The Morgan fingerprint density at radius 1 is 1.00 bits per heavy atom. The molecule has 0 radical (unpaired) electrons. The minimum Gasteiger partial charge on any atom is -0.307 e. The molecule has 112 valence electrons. The van der Waals surface area contributed by atoms with E-state index in [1.54, 1.807) is 0 Å². The van der Waals surface area contributed by atoms with Gasteiger partial charge < -0.3 is 5.32 Å². The minimum absolute atomic E-state index is 0.465. The molecule has 1 unspecified atom stereocenters. The summed E-state index contributed by atoms with van der Waals surface area (Å²) >= 11 is 0. The van der Waals surface area contributed by atoms with Crippen LogP contribution in [-0.2, 0) is 0 Å². The van der Waals surface area contributed by atoms with E-state index in [1.807, 2.05) is 0 Å². The molecule has 0 bridgehead atoms. The Morgan fingerprint density at radius 2 is 1.55 bits per heavy atom. The predicted octanol–water partition coefficient (Wildman–Crippen LogP) is 5.25. The molecule has 0 heterocycles. The highest BCUT2D eigenvalue weighted by molar-refractivity contribution is 5.23. The average molecular weight is 273 g/mol. The van der Waals surface area contributed by atoms with Gasteiger partial charge in [0.2, 0.25) is 0 Å². The molecule has 0 amide bonds. The summed E-state index contributed by atoms with van der Waals surface area (Å²) in [5, 5.41) is 3.83. The fraction of sp³-hybridized carbons (Fsp3) is 0.684. The molecule has 1 aromatic carbocycles. The van der Waals surface area contributed by atoms with E-state index in [0.717, 1.165) is 5.92 Å². The molecule has 1 heteroatoms. The van der Waals surface area contributed by atoms with Crippen LogP contribution in [0.3, 0.4) is 0 Å². The van der Waals surface area contributed by atoms with Crippen molar-refractivity contribution in [3.8, 4) is 0 Å². The van der Waals surface area contributed by atoms with Gasteiger partial charge in [0.15, 0.2) is 0 Å². The Hall–Kier alpha value is -0.820. The molecule has 0 aliphatic heterocycles. The first kappa shape index (κ1) is 15.6. The zero-order valence-electron chi connectivity index (χ0n) is 13.9. The van der Waals surface area contributed by atoms with Gasteiger partial charge in [-0.3, -0.25) is 0 Å². The van der Waals surface area contributed by atoms with Crippen molar-refractivity contribution >= 4 is 0 Å². The lowest BCUT2D eigenvalue weighted by atomic mass is 9.71. The molecular formula is C19H31N. The third-order valence-electron chi connectivity index (χ3n) is 5.01. The molecule has 1 aliphatic carbocycles. The third-order valence-corrected chi connectivity index (χ3v) is 5.01. The normalized spacial score (nSPS) is 25.4. The molecule has 20 heavy (non-hydrogen) atoms. The Labute approximate surface area is 125 Å². The van der Waals surface area contributed by atoms with E-state index in [4.69, 9.17) is 0 Å². The molecule has 1 fully saturated rings. The van der Waals surface area contributed by atoms with Crippen LogP contribution in [0.15, 0.2) is 24.3 Å². The van der Waals surface area contributed by atoms with Crippen molar-refractivity contribution in [3.05, 3.63) is 35.4 Å². The zero-order chi connectivity index (χ0) is 14.8. The molecule has 0 spiro atoms. The lowest BCUT2D eigenvalue weighted by Gasteiger charge is -2.38. The number of aryl methyl sites for hydroxylation is 1. The summed E-state index contributed by atoms with van der Waals surface area (Å²) in [5.41, 5.74) is 3.23. The summed E-state index contributed by atoms with van der Waals surface area (Å²) in [5.74, 6) is 0.898. The number of hydrogen-bond acceptors (Lipinski definition) is 1.